The molecule has 2 aromatic carbocycles. The van der Waals surface area contributed by atoms with Gasteiger partial charge in [-0.1, -0.05) is 30.3 Å². The van der Waals surface area contributed by atoms with Crippen molar-refractivity contribution in [2.75, 3.05) is 11.9 Å². The number of carbonyl (C=O) groups excluding carboxylic acids is 4. The van der Waals surface area contributed by atoms with Gasteiger partial charge in [-0.15, -0.1) is 0 Å². The topological polar surface area (TPSA) is 108 Å². The van der Waals surface area contributed by atoms with E-state index in [1.54, 1.807) is 12.1 Å². The Bertz CT molecular complexity index is 1140. The van der Waals surface area contributed by atoms with E-state index in [9.17, 15) is 19.2 Å². The average Bonchev–Trinajstić information content (AvgIpc) is 3.07. The smallest absolute Gasteiger partial charge is 0.262 e. The highest BCUT2D eigenvalue weighted by Crippen LogP contribution is 2.30. The van der Waals surface area contributed by atoms with E-state index in [2.05, 4.69) is 34.1 Å². The third kappa shape index (κ3) is 4.02. The van der Waals surface area contributed by atoms with Crippen molar-refractivity contribution < 1.29 is 19.2 Å². The summed E-state index contributed by atoms with van der Waals surface area (Å²) in [7, 11) is 0. The predicted octanol–water partition coefficient (Wildman–Crippen LogP) is 1.99. The van der Waals surface area contributed by atoms with Gasteiger partial charge in [0.25, 0.3) is 11.8 Å². The molecule has 3 heterocycles. The van der Waals surface area contributed by atoms with Crippen molar-refractivity contribution in [3.8, 4) is 0 Å². The molecule has 2 unspecified atom stereocenters. The van der Waals surface area contributed by atoms with E-state index in [4.69, 9.17) is 0 Å². The molecule has 0 saturated carbocycles. The van der Waals surface area contributed by atoms with Crippen LogP contribution in [0.25, 0.3) is 0 Å². The molecule has 5 rings (SSSR count). The van der Waals surface area contributed by atoms with Crippen molar-refractivity contribution in [3.05, 3.63) is 64.7 Å². The monoisotopic (exact) mass is 446 g/mol. The second kappa shape index (κ2) is 8.78. The number of benzene rings is 2. The van der Waals surface area contributed by atoms with Crippen LogP contribution in [0.1, 0.15) is 57.5 Å². The fourth-order valence-electron chi connectivity index (χ4n) is 4.95. The Morgan fingerprint density at radius 2 is 1.79 bits per heavy atom. The minimum atomic E-state index is -0.948. The van der Waals surface area contributed by atoms with Crippen LogP contribution in [-0.4, -0.2) is 47.2 Å². The zero-order valence-electron chi connectivity index (χ0n) is 18.2. The number of carbonyl (C=O) groups is 4. The highest BCUT2D eigenvalue weighted by Gasteiger charge is 2.45. The minimum Gasteiger partial charge on any atom is -0.382 e. The van der Waals surface area contributed by atoms with Gasteiger partial charge in [0.1, 0.15) is 6.04 Å². The van der Waals surface area contributed by atoms with E-state index in [1.165, 1.54) is 11.3 Å². The number of piperidine rings is 1. The lowest BCUT2D eigenvalue weighted by Gasteiger charge is -2.28. The number of hydrogen-bond acceptors (Lipinski definition) is 6. The molecule has 8 nitrogen and oxygen atoms in total. The third-order valence-corrected chi connectivity index (χ3v) is 6.68. The number of hydrogen-bond donors (Lipinski definition) is 3. The van der Waals surface area contributed by atoms with Gasteiger partial charge in [-0.3, -0.25) is 29.4 Å². The molecule has 0 bridgehead atoms. The van der Waals surface area contributed by atoms with Crippen molar-refractivity contribution in [3.63, 3.8) is 0 Å². The average molecular weight is 447 g/mol. The maximum Gasteiger partial charge on any atom is 0.262 e. The molecule has 3 aliphatic heterocycles. The summed E-state index contributed by atoms with van der Waals surface area (Å²) >= 11 is 0. The van der Waals surface area contributed by atoms with Gasteiger partial charge in [0.15, 0.2) is 0 Å². The normalized spacial score (nSPS) is 22.0. The van der Waals surface area contributed by atoms with Gasteiger partial charge in [0, 0.05) is 24.7 Å². The highest BCUT2D eigenvalue weighted by molar-refractivity contribution is 6.24. The number of imide groups is 2. The lowest BCUT2D eigenvalue weighted by Crippen LogP contribution is -2.54. The first-order valence-electron chi connectivity index (χ1n) is 11.4. The Morgan fingerprint density at radius 3 is 2.64 bits per heavy atom. The van der Waals surface area contributed by atoms with Crippen LogP contribution in [0.15, 0.2) is 42.5 Å². The third-order valence-electron chi connectivity index (χ3n) is 6.68. The quantitative estimate of drug-likeness (QED) is 0.463. The molecule has 8 heteroatoms. The summed E-state index contributed by atoms with van der Waals surface area (Å²) < 4.78 is 0. The molecular weight excluding hydrogens is 420 g/mol. The van der Waals surface area contributed by atoms with Gasteiger partial charge >= 0.3 is 0 Å². The van der Waals surface area contributed by atoms with E-state index in [-0.39, 0.29) is 18.7 Å². The molecule has 3 aliphatic rings. The zero-order valence-corrected chi connectivity index (χ0v) is 18.2. The van der Waals surface area contributed by atoms with Crippen molar-refractivity contribution >= 4 is 29.3 Å². The van der Waals surface area contributed by atoms with Gasteiger partial charge in [-0.05, 0) is 55.5 Å². The van der Waals surface area contributed by atoms with Crippen molar-refractivity contribution in [1.29, 1.82) is 0 Å². The summed E-state index contributed by atoms with van der Waals surface area (Å²) in [5.41, 5.74) is 3.96. The molecule has 0 aromatic heterocycles. The van der Waals surface area contributed by atoms with E-state index in [0.717, 1.165) is 36.3 Å². The van der Waals surface area contributed by atoms with Crippen LogP contribution in [0.2, 0.25) is 0 Å². The summed E-state index contributed by atoms with van der Waals surface area (Å²) in [5.74, 6) is -1.92. The molecule has 170 valence electrons. The van der Waals surface area contributed by atoms with Crippen molar-refractivity contribution in [1.82, 2.24) is 15.5 Å². The predicted molar refractivity (Wildman–Crippen MR) is 122 cm³/mol. The van der Waals surface area contributed by atoms with Crippen LogP contribution >= 0.6 is 0 Å². The Morgan fingerprint density at radius 1 is 0.939 bits per heavy atom. The Hall–Kier alpha value is -3.52. The number of nitrogens with zero attached hydrogens (tertiary/aromatic N) is 1. The van der Waals surface area contributed by atoms with Crippen LogP contribution in [0.5, 0.6) is 0 Å². The van der Waals surface area contributed by atoms with Gasteiger partial charge in [0.05, 0.1) is 11.1 Å². The SMILES string of the molecule is O=C1CCC(N2C(=O)c3cccc(CNCCC4CCc5ccccc5N4)c3C2=O)C(=O)N1. The second-order valence-electron chi connectivity index (χ2n) is 8.79. The number of aryl methyl sites for hydroxylation is 1. The molecular formula is C25H26N4O4. The molecule has 2 aromatic rings. The fourth-order valence-corrected chi connectivity index (χ4v) is 4.95. The van der Waals surface area contributed by atoms with Crippen molar-refractivity contribution in [2.24, 2.45) is 0 Å². The first kappa shape index (κ1) is 21.3. The first-order valence-corrected chi connectivity index (χ1v) is 11.4. The number of para-hydroxylation sites is 1. The summed E-state index contributed by atoms with van der Waals surface area (Å²) in [4.78, 5) is 50.8. The largest absolute Gasteiger partial charge is 0.382 e. The van der Waals surface area contributed by atoms with Crippen LogP contribution in [0.4, 0.5) is 5.69 Å². The first-order chi connectivity index (χ1) is 16.0. The Balaban J connectivity index is 1.22. The van der Waals surface area contributed by atoms with Crippen LogP contribution in [-0.2, 0) is 22.6 Å². The lowest BCUT2D eigenvalue weighted by molar-refractivity contribution is -0.136. The van der Waals surface area contributed by atoms with Gasteiger partial charge in [0.2, 0.25) is 11.8 Å². The molecule has 0 spiro atoms. The van der Waals surface area contributed by atoms with Crippen LogP contribution in [0, 0.1) is 0 Å². The van der Waals surface area contributed by atoms with E-state index in [1.807, 2.05) is 12.1 Å². The fraction of sp³-hybridized carbons (Fsp3) is 0.360. The van der Waals surface area contributed by atoms with Gasteiger partial charge in [-0.2, -0.15) is 0 Å². The Labute approximate surface area is 191 Å². The number of nitrogens with one attached hydrogen (secondary N) is 3. The summed E-state index contributed by atoms with van der Waals surface area (Å²) in [6.45, 7) is 1.22. The maximum atomic E-state index is 13.2. The Kier molecular flexibility index (Phi) is 5.68. The molecule has 33 heavy (non-hydrogen) atoms. The van der Waals surface area contributed by atoms with Crippen LogP contribution in [0.3, 0.4) is 0 Å². The number of rotatable bonds is 6. The second-order valence-corrected chi connectivity index (χ2v) is 8.79. The maximum absolute atomic E-state index is 13.2. The van der Waals surface area contributed by atoms with E-state index < -0.39 is 23.8 Å². The van der Waals surface area contributed by atoms with Crippen LogP contribution < -0.4 is 16.0 Å². The molecule has 4 amide bonds. The highest BCUT2D eigenvalue weighted by atomic mass is 16.2. The van der Waals surface area contributed by atoms with E-state index >= 15 is 0 Å². The summed E-state index contributed by atoms with van der Waals surface area (Å²) in [6, 6.07) is 13.0. The summed E-state index contributed by atoms with van der Waals surface area (Å²) in [6.07, 6.45) is 3.35. The lowest BCUT2D eigenvalue weighted by atomic mass is 9.96. The summed E-state index contributed by atoms with van der Waals surface area (Å²) in [5, 5.41) is 9.22. The molecule has 2 atom stereocenters. The molecule has 1 saturated heterocycles. The standard InChI is InChI=1S/C25H26N4O4/c30-21-11-10-20(23(31)28-21)29-24(32)18-6-3-5-16(22(18)25(29)33)14-26-13-12-17-9-8-15-4-1-2-7-19(15)27-17/h1-7,17,20,26-27H,8-14H2,(H,28,30,31). The number of anilines is 1. The van der Waals surface area contributed by atoms with Gasteiger partial charge < -0.3 is 10.6 Å². The molecule has 3 N–H and O–H groups in total. The number of amides is 4. The van der Waals surface area contributed by atoms with Crippen molar-refractivity contribution in [2.45, 2.75) is 50.7 Å². The number of fused-ring (bicyclic) bond motifs is 2. The molecule has 0 aliphatic carbocycles. The zero-order chi connectivity index (χ0) is 22.9. The molecule has 0 radical (unpaired) electrons. The van der Waals surface area contributed by atoms with Gasteiger partial charge in [-0.25, -0.2) is 0 Å². The minimum absolute atomic E-state index is 0.109. The van der Waals surface area contributed by atoms with E-state index in [0.29, 0.717) is 23.7 Å². The molecule has 1 fully saturated rings.